The van der Waals surface area contributed by atoms with Crippen LogP contribution in [0.15, 0.2) is 24.3 Å². The van der Waals surface area contributed by atoms with Crippen molar-refractivity contribution in [1.29, 1.82) is 0 Å². The number of aromatic hydroxyl groups is 1. The summed E-state index contributed by atoms with van der Waals surface area (Å²) in [7, 11) is 0. The van der Waals surface area contributed by atoms with Crippen LogP contribution >= 0.6 is 0 Å². The van der Waals surface area contributed by atoms with Gasteiger partial charge in [-0.25, -0.2) is 4.79 Å². The number of carbonyl (C=O) groups excluding carboxylic acids is 1. The first-order valence-electron chi connectivity index (χ1n) is 13.3. The van der Waals surface area contributed by atoms with E-state index in [9.17, 15) is 9.90 Å². The van der Waals surface area contributed by atoms with E-state index in [0.29, 0.717) is 5.41 Å². The molecule has 1 saturated heterocycles. The normalized spacial score (nSPS) is 18.3. The molecule has 4 rings (SSSR count). The highest BCUT2D eigenvalue weighted by Crippen LogP contribution is 2.51. The molecule has 1 aromatic carbocycles. The number of ether oxygens (including phenoxy) is 2. The SMILES string of the molecule is Cc1nc(C)c([C@H](OC(C)(C)C)C(=O)OC(C)C)c(N2CCC3(CCC3)CC2)c1-c1ccc(O)cc1. The van der Waals surface area contributed by atoms with Gasteiger partial charge in [-0.3, -0.25) is 4.98 Å². The second-order valence-corrected chi connectivity index (χ2v) is 11.9. The van der Waals surface area contributed by atoms with E-state index < -0.39 is 11.7 Å². The van der Waals surface area contributed by atoms with Crippen molar-refractivity contribution in [3.8, 4) is 16.9 Å². The number of pyridine rings is 1. The smallest absolute Gasteiger partial charge is 0.340 e. The number of phenols is 1. The zero-order valence-electron chi connectivity index (χ0n) is 23.0. The second-order valence-electron chi connectivity index (χ2n) is 11.9. The molecule has 36 heavy (non-hydrogen) atoms. The number of aromatic nitrogens is 1. The van der Waals surface area contributed by atoms with E-state index in [4.69, 9.17) is 14.5 Å². The lowest BCUT2D eigenvalue weighted by molar-refractivity contribution is -0.171. The van der Waals surface area contributed by atoms with Crippen LogP contribution in [0.25, 0.3) is 11.1 Å². The van der Waals surface area contributed by atoms with Gasteiger partial charge in [-0.05, 0) is 97.3 Å². The van der Waals surface area contributed by atoms with Crippen molar-refractivity contribution >= 4 is 11.7 Å². The van der Waals surface area contributed by atoms with Crippen molar-refractivity contribution in [3.05, 3.63) is 41.2 Å². The van der Waals surface area contributed by atoms with Crippen LogP contribution in [0.2, 0.25) is 0 Å². The number of carbonyl (C=O) groups is 1. The number of hydrogen-bond donors (Lipinski definition) is 1. The summed E-state index contributed by atoms with van der Waals surface area (Å²) in [5.74, 6) is -0.170. The molecule has 196 valence electrons. The summed E-state index contributed by atoms with van der Waals surface area (Å²) in [5.41, 5.74) is 5.35. The summed E-state index contributed by atoms with van der Waals surface area (Å²) in [4.78, 5) is 20.9. The molecule has 1 saturated carbocycles. The van der Waals surface area contributed by atoms with E-state index in [1.165, 1.54) is 19.3 Å². The molecule has 0 amide bonds. The number of phenolic OH excluding ortho intramolecular Hbond substituents is 1. The molecule has 1 N–H and O–H groups in total. The fourth-order valence-electron chi connectivity index (χ4n) is 5.72. The number of esters is 1. The van der Waals surface area contributed by atoms with Crippen LogP contribution in [0.5, 0.6) is 5.75 Å². The van der Waals surface area contributed by atoms with Crippen LogP contribution in [-0.4, -0.2) is 40.9 Å². The van der Waals surface area contributed by atoms with Crippen LogP contribution < -0.4 is 4.90 Å². The topological polar surface area (TPSA) is 71.9 Å². The molecule has 2 aromatic rings. The van der Waals surface area contributed by atoms with Crippen LogP contribution in [-0.2, 0) is 14.3 Å². The third-order valence-electron chi connectivity index (χ3n) is 7.59. The Balaban J connectivity index is 1.91. The summed E-state index contributed by atoms with van der Waals surface area (Å²) in [6.45, 7) is 15.4. The largest absolute Gasteiger partial charge is 0.508 e. The molecule has 2 aliphatic rings. The number of rotatable bonds is 6. The van der Waals surface area contributed by atoms with Gasteiger partial charge < -0.3 is 19.5 Å². The maximum Gasteiger partial charge on any atom is 0.340 e. The van der Waals surface area contributed by atoms with Gasteiger partial charge in [0.2, 0.25) is 0 Å². The van der Waals surface area contributed by atoms with Crippen LogP contribution in [0.1, 0.15) is 89.8 Å². The van der Waals surface area contributed by atoms with Gasteiger partial charge in [0.15, 0.2) is 6.10 Å². The van der Waals surface area contributed by atoms with Gasteiger partial charge in [-0.2, -0.15) is 0 Å². The first-order chi connectivity index (χ1) is 16.9. The first-order valence-corrected chi connectivity index (χ1v) is 13.3. The quantitative estimate of drug-likeness (QED) is 0.453. The van der Waals surface area contributed by atoms with Crippen molar-refractivity contribution in [2.24, 2.45) is 5.41 Å². The standard InChI is InChI=1S/C30H42N2O4/c1-19(2)35-28(34)27(36-29(5,6)7)25-21(4)31-20(3)24(22-9-11-23(33)12-10-22)26(25)32-17-15-30(16-18-32)13-8-14-30/h9-12,19,27,33H,8,13-18H2,1-7H3/t27-/m0/s1. The Labute approximate surface area is 216 Å². The molecule has 6 heteroatoms. The maximum atomic E-state index is 13.5. The van der Waals surface area contributed by atoms with E-state index in [0.717, 1.165) is 59.7 Å². The fourth-order valence-corrected chi connectivity index (χ4v) is 5.72. The lowest BCUT2D eigenvalue weighted by Gasteiger charge is -2.49. The molecule has 0 radical (unpaired) electrons. The number of aryl methyl sites for hydroxylation is 2. The minimum atomic E-state index is -0.897. The van der Waals surface area contributed by atoms with Gasteiger partial charge in [0.05, 0.1) is 17.4 Å². The summed E-state index contributed by atoms with van der Waals surface area (Å²) in [6.07, 6.45) is 5.14. The summed E-state index contributed by atoms with van der Waals surface area (Å²) >= 11 is 0. The highest BCUT2D eigenvalue weighted by atomic mass is 16.6. The maximum absolute atomic E-state index is 13.5. The van der Waals surface area contributed by atoms with E-state index >= 15 is 0 Å². The molecular formula is C30H42N2O4. The summed E-state index contributed by atoms with van der Waals surface area (Å²) in [5, 5.41) is 9.95. The minimum absolute atomic E-state index is 0.220. The molecule has 1 aromatic heterocycles. The van der Waals surface area contributed by atoms with Gasteiger partial charge in [0.25, 0.3) is 0 Å². The zero-order valence-corrected chi connectivity index (χ0v) is 23.0. The number of nitrogens with zero attached hydrogens (tertiary/aromatic N) is 2. The third kappa shape index (κ3) is 5.54. The molecule has 6 nitrogen and oxygen atoms in total. The number of hydrogen-bond acceptors (Lipinski definition) is 6. The van der Waals surface area contributed by atoms with Crippen molar-refractivity contribution in [2.45, 2.75) is 98.4 Å². The predicted octanol–water partition coefficient (Wildman–Crippen LogP) is 6.65. The molecule has 0 unspecified atom stereocenters. The number of anilines is 1. The Morgan fingerprint density at radius 2 is 1.64 bits per heavy atom. The van der Waals surface area contributed by atoms with Crippen LogP contribution in [0.3, 0.4) is 0 Å². The zero-order chi connectivity index (χ0) is 26.3. The Bertz CT molecular complexity index is 1090. The van der Waals surface area contributed by atoms with Gasteiger partial charge in [0.1, 0.15) is 5.75 Å². The van der Waals surface area contributed by atoms with E-state index in [2.05, 4.69) is 4.90 Å². The number of benzene rings is 1. The van der Waals surface area contributed by atoms with Crippen molar-refractivity contribution < 1.29 is 19.4 Å². The van der Waals surface area contributed by atoms with Gasteiger partial charge in [0, 0.05) is 35.6 Å². The third-order valence-corrected chi connectivity index (χ3v) is 7.59. The lowest BCUT2D eigenvalue weighted by Crippen LogP contribution is -2.44. The highest BCUT2D eigenvalue weighted by Gasteiger charge is 2.42. The van der Waals surface area contributed by atoms with Crippen LogP contribution in [0.4, 0.5) is 5.69 Å². The van der Waals surface area contributed by atoms with Gasteiger partial charge in [-0.1, -0.05) is 18.6 Å². The number of piperidine rings is 1. The van der Waals surface area contributed by atoms with Gasteiger partial charge >= 0.3 is 5.97 Å². The second kappa shape index (κ2) is 10.0. The molecule has 1 aliphatic carbocycles. The van der Waals surface area contributed by atoms with Crippen molar-refractivity contribution in [3.63, 3.8) is 0 Å². The van der Waals surface area contributed by atoms with Crippen LogP contribution in [0, 0.1) is 19.3 Å². The molecule has 1 aliphatic heterocycles. The Hall–Kier alpha value is -2.60. The van der Waals surface area contributed by atoms with Crippen molar-refractivity contribution in [1.82, 2.24) is 4.98 Å². The summed E-state index contributed by atoms with van der Waals surface area (Å²) in [6, 6.07) is 7.25. The predicted molar refractivity (Wildman–Crippen MR) is 143 cm³/mol. The highest BCUT2D eigenvalue weighted by molar-refractivity contribution is 5.88. The molecular weight excluding hydrogens is 452 g/mol. The Morgan fingerprint density at radius 1 is 1.03 bits per heavy atom. The molecule has 0 bridgehead atoms. The fraction of sp³-hybridized carbons (Fsp3) is 0.600. The molecule has 1 atom stereocenters. The molecule has 2 fully saturated rings. The van der Waals surface area contributed by atoms with E-state index in [1.807, 2.05) is 60.6 Å². The van der Waals surface area contributed by atoms with E-state index in [1.54, 1.807) is 12.1 Å². The first kappa shape index (κ1) is 26.5. The Morgan fingerprint density at radius 3 is 2.14 bits per heavy atom. The Kier molecular flexibility index (Phi) is 7.38. The average Bonchev–Trinajstić information content (AvgIpc) is 2.76. The monoisotopic (exact) mass is 494 g/mol. The average molecular weight is 495 g/mol. The van der Waals surface area contributed by atoms with E-state index in [-0.39, 0.29) is 17.8 Å². The summed E-state index contributed by atoms with van der Waals surface area (Å²) < 4.78 is 12.2. The minimum Gasteiger partial charge on any atom is -0.508 e. The molecule has 2 heterocycles. The van der Waals surface area contributed by atoms with Gasteiger partial charge in [-0.15, -0.1) is 0 Å². The van der Waals surface area contributed by atoms with Crippen molar-refractivity contribution in [2.75, 3.05) is 18.0 Å². The lowest BCUT2D eigenvalue weighted by atomic mass is 9.63. The molecule has 1 spiro atoms.